The number of nitrogens with zero attached hydrogens (tertiary/aromatic N) is 1. The van der Waals surface area contributed by atoms with Crippen LogP contribution in [0.15, 0.2) is 0 Å². The van der Waals surface area contributed by atoms with Crippen molar-refractivity contribution in [2.24, 2.45) is 5.92 Å². The molecule has 0 saturated carbocycles. The van der Waals surface area contributed by atoms with Crippen molar-refractivity contribution in [1.29, 1.82) is 0 Å². The van der Waals surface area contributed by atoms with Crippen LogP contribution in [0.2, 0.25) is 0 Å². The summed E-state index contributed by atoms with van der Waals surface area (Å²) in [5.41, 5.74) is 0. The third-order valence-electron chi connectivity index (χ3n) is 2.72. The van der Waals surface area contributed by atoms with E-state index in [0.29, 0.717) is 6.04 Å². The quantitative estimate of drug-likeness (QED) is 0.646. The Labute approximate surface area is 87.8 Å². The smallest absolute Gasteiger partial charge is 0.0622 e. The summed E-state index contributed by atoms with van der Waals surface area (Å²) in [7, 11) is 2.19. The molecule has 14 heavy (non-hydrogen) atoms. The highest BCUT2D eigenvalue weighted by atomic mass is 16.5. The van der Waals surface area contributed by atoms with Crippen LogP contribution < -0.4 is 5.32 Å². The second-order valence-electron chi connectivity index (χ2n) is 4.60. The van der Waals surface area contributed by atoms with Crippen molar-refractivity contribution >= 4 is 0 Å². The average molecular weight is 200 g/mol. The molecule has 1 saturated heterocycles. The van der Waals surface area contributed by atoms with E-state index < -0.39 is 0 Å². The predicted octanol–water partition coefficient (Wildman–Crippen LogP) is 0.953. The van der Waals surface area contributed by atoms with E-state index in [9.17, 15) is 0 Å². The maximum atomic E-state index is 5.36. The molecule has 1 heterocycles. The Hall–Kier alpha value is -0.120. The summed E-state index contributed by atoms with van der Waals surface area (Å²) < 4.78 is 5.36. The van der Waals surface area contributed by atoms with E-state index in [1.165, 1.54) is 6.42 Å². The van der Waals surface area contributed by atoms with E-state index in [1.54, 1.807) is 0 Å². The molecule has 0 aliphatic carbocycles. The summed E-state index contributed by atoms with van der Waals surface area (Å²) >= 11 is 0. The number of nitrogens with one attached hydrogen (secondary N) is 1. The van der Waals surface area contributed by atoms with Crippen LogP contribution in [0.3, 0.4) is 0 Å². The van der Waals surface area contributed by atoms with E-state index in [0.717, 1.165) is 38.8 Å². The van der Waals surface area contributed by atoms with Crippen molar-refractivity contribution in [2.75, 3.05) is 39.9 Å². The molecular weight excluding hydrogens is 176 g/mol. The Kier molecular flexibility index (Phi) is 5.45. The molecule has 1 atom stereocenters. The highest BCUT2D eigenvalue weighted by Gasteiger charge is 2.19. The average Bonchev–Trinajstić information content (AvgIpc) is 2.64. The Morgan fingerprint density at radius 1 is 1.50 bits per heavy atom. The van der Waals surface area contributed by atoms with Crippen LogP contribution in [0.5, 0.6) is 0 Å². The Bertz CT molecular complexity index is 144. The normalized spacial score (nSPS) is 22.5. The molecule has 84 valence electrons. The van der Waals surface area contributed by atoms with Gasteiger partial charge < -0.3 is 10.1 Å². The minimum absolute atomic E-state index is 0.649. The summed E-state index contributed by atoms with van der Waals surface area (Å²) in [5, 5.41) is 3.46. The van der Waals surface area contributed by atoms with Gasteiger partial charge in [0, 0.05) is 25.7 Å². The first-order valence-corrected chi connectivity index (χ1v) is 5.69. The second-order valence-corrected chi connectivity index (χ2v) is 4.60. The predicted molar refractivity (Wildman–Crippen MR) is 59.6 cm³/mol. The van der Waals surface area contributed by atoms with Gasteiger partial charge in [-0.05, 0) is 25.9 Å². The number of hydrogen-bond acceptors (Lipinski definition) is 3. The van der Waals surface area contributed by atoms with Crippen LogP contribution in [-0.4, -0.2) is 50.8 Å². The van der Waals surface area contributed by atoms with Gasteiger partial charge in [0.1, 0.15) is 0 Å². The molecule has 1 aliphatic rings. The Morgan fingerprint density at radius 3 is 2.86 bits per heavy atom. The molecule has 0 bridgehead atoms. The first kappa shape index (κ1) is 12.0. The molecule has 1 unspecified atom stereocenters. The van der Waals surface area contributed by atoms with Gasteiger partial charge in [-0.25, -0.2) is 0 Å². The van der Waals surface area contributed by atoms with Crippen LogP contribution >= 0.6 is 0 Å². The minimum Gasteiger partial charge on any atom is -0.380 e. The number of rotatable bonds is 6. The maximum Gasteiger partial charge on any atom is 0.0622 e. The summed E-state index contributed by atoms with van der Waals surface area (Å²) in [5.74, 6) is 0.745. The molecule has 0 aromatic heterocycles. The van der Waals surface area contributed by atoms with Gasteiger partial charge in [-0.2, -0.15) is 0 Å². The lowest BCUT2D eigenvalue weighted by molar-refractivity contribution is 0.159. The molecule has 0 amide bonds. The number of ether oxygens (including phenoxy) is 1. The SMILES string of the molecule is CC(C)CNCCN(C)C1CCOC1. The van der Waals surface area contributed by atoms with Crippen LogP contribution in [0.4, 0.5) is 0 Å². The van der Waals surface area contributed by atoms with Crippen molar-refractivity contribution in [3.63, 3.8) is 0 Å². The fourth-order valence-corrected chi connectivity index (χ4v) is 1.70. The van der Waals surface area contributed by atoms with E-state index >= 15 is 0 Å². The number of hydrogen-bond donors (Lipinski definition) is 1. The van der Waals surface area contributed by atoms with Crippen molar-refractivity contribution in [2.45, 2.75) is 26.3 Å². The zero-order valence-corrected chi connectivity index (χ0v) is 9.75. The molecule has 0 aromatic carbocycles. The third-order valence-corrected chi connectivity index (χ3v) is 2.72. The van der Waals surface area contributed by atoms with Gasteiger partial charge in [0.15, 0.2) is 0 Å². The standard InChI is InChI=1S/C11H24N2O/c1-10(2)8-12-5-6-13(3)11-4-7-14-9-11/h10-12H,4-9H2,1-3H3. The highest BCUT2D eigenvalue weighted by molar-refractivity contribution is 4.73. The topological polar surface area (TPSA) is 24.5 Å². The van der Waals surface area contributed by atoms with E-state index in [-0.39, 0.29) is 0 Å². The molecule has 0 aromatic rings. The van der Waals surface area contributed by atoms with Crippen molar-refractivity contribution in [3.8, 4) is 0 Å². The first-order chi connectivity index (χ1) is 6.70. The molecule has 1 fully saturated rings. The summed E-state index contributed by atoms with van der Waals surface area (Å²) in [6.07, 6.45) is 1.20. The molecule has 1 aliphatic heterocycles. The van der Waals surface area contributed by atoms with Crippen LogP contribution in [0, 0.1) is 5.92 Å². The van der Waals surface area contributed by atoms with Gasteiger partial charge in [-0.15, -0.1) is 0 Å². The lowest BCUT2D eigenvalue weighted by Crippen LogP contribution is -2.37. The van der Waals surface area contributed by atoms with Crippen molar-refractivity contribution in [3.05, 3.63) is 0 Å². The van der Waals surface area contributed by atoms with Gasteiger partial charge in [0.25, 0.3) is 0 Å². The summed E-state index contributed by atoms with van der Waals surface area (Å²) in [6.45, 7) is 9.67. The number of likely N-dealkylation sites (N-methyl/N-ethyl adjacent to an activating group) is 1. The van der Waals surface area contributed by atoms with Gasteiger partial charge >= 0.3 is 0 Å². The summed E-state index contributed by atoms with van der Waals surface area (Å²) in [4.78, 5) is 2.40. The van der Waals surface area contributed by atoms with Gasteiger partial charge in [0.05, 0.1) is 6.61 Å². The van der Waals surface area contributed by atoms with Crippen LogP contribution in [-0.2, 0) is 4.74 Å². The second kappa shape index (κ2) is 6.38. The monoisotopic (exact) mass is 200 g/mol. The lowest BCUT2D eigenvalue weighted by atomic mass is 10.2. The first-order valence-electron chi connectivity index (χ1n) is 5.69. The van der Waals surface area contributed by atoms with Crippen molar-refractivity contribution < 1.29 is 4.74 Å². The van der Waals surface area contributed by atoms with Crippen molar-refractivity contribution in [1.82, 2.24) is 10.2 Å². The van der Waals surface area contributed by atoms with Gasteiger partial charge in [-0.3, -0.25) is 4.90 Å². The molecule has 1 N–H and O–H groups in total. The fourth-order valence-electron chi connectivity index (χ4n) is 1.70. The third kappa shape index (κ3) is 4.40. The highest BCUT2D eigenvalue weighted by Crippen LogP contribution is 2.09. The molecule has 0 spiro atoms. The van der Waals surface area contributed by atoms with Crippen LogP contribution in [0.25, 0.3) is 0 Å². The fraction of sp³-hybridized carbons (Fsp3) is 1.00. The van der Waals surface area contributed by atoms with E-state index in [1.807, 2.05) is 0 Å². The molecule has 0 radical (unpaired) electrons. The van der Waals surface area contributed by atoms with Crippen LogP contribution in [0.1, 0.15) is 20.3 Å². The molecule has 3 nitrogen and oxygen atoms in total. The maximum absolute atomic E-state index is 5.36. The van der Waals surface area contributed by atoms with E-state index in [4.69, 9.17) is 4.74 Å². The molecular formula is C11H24N2O. The largest absolute Gasteiger partial charge is 0.380 e. The Morgan fingerprint density at radius 2 is 2.29 bits per heavy atom. The zero-order chi connectivity index (χ0) is 10.4. The zero-order valence-electron chi connectivity index (χ0n) is 9.75. The minimum atomic E-state index is 0.649. The van der Waals surface area contributed by atoms with Gasteiger partial charge in [0.2, 0.25) is 0 Å². The lowest BCUT2D eigenvalue weighted by Gasteiger charge is -2.23. The molecule has 3 heteroatoms. The summed E-state index contributed by atoms with van der Waals surface area (Å²) in [6, 6.07) is 0.649. The molecule has 1 rings (SSSR count). The van der Waals surface area contributed by atoms with Gasteiger partial charge in [-0.1, -0.05) is 13.8 Å². The van der Waals surface area contributed by atoms with E-state index in [2.05, 4.69) is 31.1 Å². The Balaban J connectivity index is 1.99.